The van der Waals surface area contributed by atoms with E-state index in [-0.39, 0.29) is 50.7 Å². The Bertz CT molecular complexity index is 1250. The molecule has 194 valence electrons. The number of aliphatic hydroxyl groups excluding tert-OH is 2. The first-order chi connectivity index (χ1) is 17.1. The number of benzene rings is 1. The van der Waals surface area contributed by atoms with Crippen LogP contribution in [-0.2, 0) is 10.1 Å². The number of nitrogens with zero attached hydrogens (tertiary/aromatic N) is 7. The fourth-order valence-corrected chi connectivity index (χ4v) is 3.45. The maximum absolute atomic E-state index is 11.0. The molecule has 0 saturated carbocycles. The summed E-state index contributed by atoms with van der Waals surface area (Å²) in [4.78, 5) is 27.1. The van der Waals surface area contributed by atoms with Gasteiger partial charge in [-0.25, -0.2) is 4.98 Å². The second kappa shape index (κ2) is 12.3. The van der Waals surface area contributed by atoms with E-state index in [4.69, 9.17) is 4.55 Å². The highest BCUT2D eigenvalue weighted by atomic mass is 32.2. The predicted octanol–water partition coefficient (Wildman–Crippen LogP) is 0.251. The summed E-state index contributed by atoms with van der Waals surface area (Å²) in [5.41, 5.74) is 1.30. The van der Waals surface area contributed by atoms with Gasteiger partial charge in [-0.1, -0.05) is 6.07 Å². The Morgan fingerprint density at radius 1 is 0.833 bits per heavy atom. The molecule has 2 heterocycles. The van der Waals surface area contributed by atoms with Gasteiger partial charge in [-0.05, 0) is 32.0 Å². The van der Waals surface area contributed by atoms with Gasteiger partial charge in [0.2, 0.25) is 23.8 Å². The minimum Gasteiger partial charge on any atom is -0.395 e. The average Bonchev–Trinajstić information content (AvgIpc) is 2.77. The van der Waals surface area contributed by atoms with Crippen molar-refractivity contribution in [3.05, 3.63) is 35.9 Å². The Morgan fingerprint density at radius 2 is 1.39 bits per heavy atom. The summed E-state index contributed by atoms with van der Waals surface area (Å²) in [5, 5.41) is 27.7. The van der Waals surface area contributed by atoms with Crippen molar-refractivity contribution in [3.8, 4) is 0 Å². The van der Waals surface area contributed by atoms with Crippen molar-refractivity contribution in [1.29, 1.82) is 0 Å². The van der Waals surface area contributed by atoms with E-state index in [1.54, 1.807) is 36.9 Å². The van der Waals surface area contributed by atoms with Gasteiger partial charge in [-0.2, -0.15) is 33.3 Å². The maximum atomic E-state index is 11.0. The highest BCUT2D eigenvalue weighted by Crippen LogP contribution is 2.22. The lowest BCUT2D eigenvalue weighted by Crippen LogP contribution is -2.32. The van der Waals surface area contributed by atoms with Crippen LogP contribution in [0.15, 0.2) is 24.3 Å². The Labute approximate surface area is 207 Å². The van der Waals surface area contributed by atoms with Crippen LogP contribution in [0.4, 0.5) is 35.2 Å². The third-order valence-corrected chi connectivity index (χ3v) is 5.24. The molecule has 0 spiro atoms. The smallest absolute Gasteiger partial charge is 0.266 e. The fourth-order valence-electron chi connectivity index (χ4n) is 3.09. The number of hydrogen-bond acceptors (Lipinski definition) is 14. The molecule has 6 N–H and O–H groups in total. The monoisotopic (exact) mass is 520 g/mol. The van der Waals surface area contributed by atoms with Crippen molar-refractivity contribution in [2.45, 2.75) is 13.8 Å². The summed E-state index contributed by atoms with van der Waals surface area (Å²) < 4.78 is 31.1. The number of hydrogen-bond donors (Lipinski definition) is 6. The summed E-state index contributed by atoms with van der Waals surface area (Å²) in [6, 6.07) is 7.18. The SMILES string of the molecule is Cc1nc(C)nc(Nc2cccc(Nc3nc(NCCS(=O)(=O)O)nc(N(CCO)CCO)n3)c2)n1. The Balaban J connectivity index is 1.85. The van der Waals surface area contributed by atoms with Crippen LogP contribution < -0.4 is 20.9 Å². The summed E-state index contributed by atoms with van der Waals surface area (Å²) in [5.74, 6) is 1.33. The van der Waals surface area contributed by atoms with E-state index in [1.807, 2.05) is 6.07 Å². The average molecular weight is 521 g/mol. The van der Waals surface area contributed by atoms with Crippen LogP contribution in [0.25, 0.3) is 0 Å². The number of nitrogens with one attached hydrogen (secondary N) is 3. The zero-order valence-corrected chi connectivity index (χ0v) is 20.6. The lowest BCUT2D eigenvalue weighted by molar-refractivity contribution is 0.280. The molecule has 2 aromatic heterocycles. The quantitative estimate of drug-likeness (QED) is 0.167. The molecule has 0 fully saturated rings. The first-order valence-electron chi connectivity index (χ1n) is 10.9. The van der Waals surface area contributed by atoms with Gasteiger partial charge in [0.15, 0.2) is 0 Å². The van der Waals surface area contributed by atoms with Gasteiger partial charge in [0.1, 0.15) is 11.6 Å². The highest BCUT2D eigenvalue weighted by Gasteiger charge is 2.14. The molecule has 0 saturated heterocycles. The molecule has 0 atom stereocenters. The number of aryl methyl sites for hydroxylation is 2. The molecule has 0 radical (unpaired) electrons. The zero-order chi connectivity index (χ0) is 26.1. The van der Waals surface area contributed by atoms with Crippen LogP contribution in [0, 0.1) is 13.8 Å². The Hall–Kier alpha value is -3.73. The molecule has 0 aliphatic carbocycles. The van der Waals surface area contributed by atoms with Crippen molar-refractivity contribution >= 4 is 45.3 Å². The van der Waals surface area contributed by atoms with E-state index in [9.17, 15) is 18.6 Å². The van der Waals surface area contributed by atoms with Gasteiger partial charge in [0.05, 0.1) is 19.0 Å². The van der Waals surface area contributed by atoms with Crippen LogP contribution in [-0.4, -0.2) is 91.7 Å². The molecule has 0 unspecified atom stereocenters. The lowest BCUT2D eigenvalue weighted by Gasteiger charge is -2.21. The number of rotatable bonds is 13. The van der Waals surface area contributed by atoms with Crippen LogP contribution in [0.2, 0.25) is 0 Å². The normalized spacial score (nSPS) is 11.2. The van der Waals surface area contributed by atoms with Gasteiger partial charge in [-0.3, -0.25) is 4.55 Å². The van der Waals surface area contributed by atoms with Crippen molar-refractivity contribution in [2.24, 2.45) is 0 Å². The second-order valence-electron chi connectivity index (χ2n) is 7.51. The molecule has 3 aromatic rings. The molecule has 0 aliphatic rings. The largest absolute Gasteiger partial charge is 0.395 e. The maximum Gasteiger partial charge on any atom is 0.266 e. The molecule has 0 aliphatic heterocycles. The molecule has 15 nitrogen and oxygen atoms in total. The van der Waals surface area contributed by atoms with Gasteiger partial charge in [0.25, 0.3) is 10.1 Å². The molecule has 36 heavy (non-hydrogen) atoms. The molecule has 0 amide bonds. The second-order valence-corrected chi connectivity index (χ2v) is 9.09. The van der Waals surface area contributed by atoms with Gasteiger partial charge in [-0.15, -0.1) is 0 Å². The van der Waals surface area contributed by atoms with Crippen LogP contribution in [0.1, 0.15) is 11.6 Å². The summed E-state index contributed by atoms with van der Waals surface area (Å²) >= 11 is 0. The third-order valence-electron chi connectivity index (χ3n) is 4.52. The zero-order valence-electron chi connectivity index (χ0n) is 19.7. The Kier molecular flexibility index (Phi) is 9.18. The summed E-state index contributed by atoms with van der Waals surface area (Å²) in [6.45, 7) is 3.29. The highest BCUT2D eigenvalue weighted by molar-refractivity contribution is 7.85. The minimum absolute atomic E-state index is 0.0393. The molecule has 3 rings (SSSR count). The summed E-state index contributed by atoms with van der Waals surface area (Å²) in [6.07, 6.45) is 0. The molecular weight excluding hydrogens is 492 g/mol. The van der Waals surface area contributed by atoms with Gasteiger partial charge >= 0.3 is 0 Å². The predicted molar refractivity (Wildman–Crippen MR) is 133 cm³/mol. The number of aliphatic hydroxyl groups is 2. The first kappa shape index (κ1) is 26.9. The van der Waals surface area contributed by atoms with E-state index in [0.717, 1.165) is 0 Å². The molecule has 0 bridgehead atoms. The fraction of sp³-hybridized carbons (Fsp3) is 0.400. The van der Waals surface area contributed by atoms with Crippen molar-refractivity contribution in [2.75, 3.05) is 59.5 Å². The van der Waals surface area contributed by atoms with E-state index < -0.39 is 15.9 Å². The van der Waals surface area contributed by atoms with Crippen LogP contribution in [0.3, 0.4) is 0 Å². The molecular formula is C20H28N10O5S. The van der Waals surface area contributed by atoms with E-state index >= 15 is 0 Å². The number of anilines is 6. The van der Waals surface area contributed by atoms with Crippen LogP contribution >= 0.6 is 0 Å². The van der Waals surface area contributed by atoms with Crippen molar-refractivity contribution in [1.82, 2.24) is 29.9 Å². The van der Waals surface area contributed by atoms with Crippen molar-refractivity contribution in [3.63, 3.8) is 0 Å². The molecule has 16 heteroatoms. The van der Waals surface area contributed by atoms with E-state index in [1.165, 1.54) is 0 Å². The van der Waals surface area contributed by atoms with Gasteiger partial charge in [0, 0.05) is 31.0 Å². The minimum atomic E-state index is -4.18. The lowest BCUT2D eigenvalue weighted by atomic mass is 10.3. The standard InChI is InChI=1S/C20H28N10O5S/c1-13-22-14(2)24-18(23-13)25-15-4-3-5-16(12-15)26-19-27-17(21-6-11-36(33,34)35)28-20(29-19)30(7-9-31)8-10-32/h3-5,12,31-32H,6-11H2,1-2H3,(H,33,34,35)(H,22,23,24,25)(H2,21,26,27,28,29). The Morgan fingerprint density at radius 3 is 1.94 bits per heavy atom. The molecule has 1 aromatic carbocycles. The number of aromatic nitrogens is 6. The van der Waals surface area contributed by atoms with E-state index in [0.29, 0.717) is 29.0 Å². The third kappa shape index (κ3) is 8.49. The van der Waals surface area contributed by atoms with Crippen LogP contribution in [0.5, 0.6) is 0 Å². The topological polar surface area (TPSA) is 211 Å². The van der Waals surface area contributed by atoms with Gasteiger partial charge < -0.3 is 31.1 Å². The summed E-state index contributed by atoms with van der Waals surface area (Å²) in [7, 11) is -4.18. The van der Waals surface area contributed by atoms with Crippen molar-refractivity contribution < 1.29 is 23.2 Å². The first-order valence-corrected chi connectivity index (χ1v) is 12.5. The van der Waals surface area contributed by atoms with E-state index in [2.05, 4.69) is 45.9 Å².